The molecule has 0 bridgehead atoms. The van der Waals surface area contributed by atoms with Gasteiger partial charge in [-0.3, -0.25) is 0 Å². The molecule has 1 aromatic heterocycles. The predicted molar refractivity (Wildman–Crippen MR) is 40.3 cm³/mol. The van der Waals surface area contributed by atoms with E-state index in [9.17, 15) is 10.1 Å². The standard InChI is InChI=1S/C5H3BrN2O3/c6-4-1-3(9)2-7-5(4)8(10)11/h1-2,9H. The van der Waals surface area contributed by atoms with Gasteiger partial charge in [-0.15, -0.1) is 0 Å². The molecular weight excluding hydrogens is 216 g/mol. The van der Waals surface area contributed by atoms with Gasteiger partial charge < -0.3 is 15.2 Å². The molecule has 1 heterocycles. The van der Waals surface area contributed by atoms with Crippen LogP contribution in [0, 0.1) is 10.1 Å². The van der Waals surface area contributed by atoms with Gasteiger partial charge in [-0.1, -0.05) is 0 Å². The molecule has 0 aliphatic heterocycles. The van der Waals surface area contributed by atoms with Crippen molar-refractivity contribution < 1.29 is 10.0 Å². The fraction of sp³-hybridized carbons (Fsp3) is 0. The van der Waals surface area contributed by atoms with Crippen molar-refractivity contribution in [3.8, 4) is 5.75 Å². The number of aromatic nitrogens is 1. The third kappa shape index (κ3) is 1.64. The Morgan fingerprint density at radius 2 is 2.36 bits per heavy atom. The van der Waals surface area contributed by atoms with Crippen LogP contribution in [0.5, 0.6) is 5.75 Å². The maximum atomic E-state index is 10.2. The highest BCUT2D eigenvalue weighted by Crippen LogP contribution is 2.24. The van der Waals surface area contributed by atoms with Crippen LogP contribution in [-0.4, -0.2) is 15.0 Å². The van der Waals surface area contributed by atoms with Crippen molar-refractivity contribution >= 4 is 21.7 Å². The molecule has 0 amide bonds. The monoisotopic (exact) mass is 218 g/mol. The average Bonchev–Trinajstić information content (AvgIpc) is 1.85. The highest BCUT2D eigenvalue weighted by molar-refractivity contribution is 9.10. The summed E-state index contributed by atoms with van der Waals surface area (Å²) in [5.41, 5.74) is 0. The molecule has 0 aliphatic rings. The van der Waals surface area contributed by atoms with Crippen LogP contribution in [0.2, 0.25) is 0 Å². The Morgan fingerprint density at radius 1 is 1.73 bits per heavy atom. The van der Waals surface area contributed by atoms with Crippen LogP contribution in [0.25, 0.3) is 0 Å². The van der Waals surface area contributed by atoms with Gasteiger partial charge in [0.05, 0.1) is 0 Å². The lowest BCUT2D eigenvalue weighted by Gasteiger charge is -1.93. The largest absolute Gasteiger partial charge is 0.504 e. The van der Waals surface area contributed by atoms with Gasteiger partial charge >= 0.3 is 5.82 Å². The van der Waals surface area contributed by atoms with Crippen LogP contribution in [-0.2, 0) is 0 Å². The number of halogens is 1. The lowest BCUT2D eigenvalue weighted by atomic mass is 10.4. The first-order valence-electron chi connectivity index (χ1n) is 2.60. The number of nitro groups is 1. The van der Waals surface area contributed by atoms with E-state index in [1.807, 2.05) is 0 Å². The van der Waals surface area contributed by atoms with Crippen molar-refractivity contribution in [2.75, 3.05) is 0 Å². The molecule has 0 saturated carbocycles. The lowest BCUT2D eigenvalue weighted by Crippen LogP contribution is -1.91. The van der Waals surface area contributed by atoms with E-state index >= 15 is 0 Å². The number of rotatable bonds is 1. The van der Waals surface area contributed by atoms with Crippen LogP contribution in [0.1, 0.15) is 0 Å². The van der Waals surface area contributed by atoms with E-state index < -0.39 is 4.92 Å². The van der Waals surface area contributed by atoms with E-state index in [1.54, 1.807) is 0 Å². The third-order valence-corrected chi connectivity index (χ3v) is 1.56. The van der Waals surface area contributed by atoms with Crippen molar-refractivity contribution in [1.82, 2.24) is 4.98 Å². The topological polar surface area (TPSA) is 76.3 Å². The molecule has 0 aliphatic carbocycles. The summed E-state index contributed by atoms with van der Waals surface area (Å²) < 4.78 is 0.169. The van der Waals surface area contributed by atoms with Crippen LogP contribution in [0.15, 0.2) is 16.7 Å². The highest BCUT2D eigenvalue weighted by atomic mass is 79.9. The van der Waals surface area contributed by atoms with Gasteiger partial charge in [-0.25, -0.2) is 0 Å². The molecule has 0 fully saturated rings. The molecule has 0 saturated heterocycles. The zero-order valence-corrected chi connectivity index (χ0v) is 6.78. The Kier molecular flexibility index (Phi) is 2.04. The molecule has 0 spiro atoms. The Bertz CT molecular complexity index is 302. The third-order valence-electron chi connectivity index (χ3n) is 0.980. The molecule has 58 valence electrons. The van der Waals surface area contributed by atoms with Crippen LogP contribution >= 0.6 is 15.9 Å². The van der Waals surface area contributed by atoms with Crippen LogP contribution in [0.3, 0.4) is 0 Å². The molecule has 6 heteroatoms. The number of nitrogens with zero attached hydrogens (tertiary/aromatic N) is 2. The number of aromatic hydroxyl groups is 1. The van der Waals surface area contributed by atoms with Gasteiger partial charge in [0.2, 0.25) is 0 Å². The maximum Gasteiger partial charge on any atom is 0.378 e. The maximum absolute atomic E-state index is 10.2. The minimum absolute atomic E-state index is 0.109. The van der Waals surface area contributed by atoms with Crippen LogP contribution in [0.4, 0.5) is 5.82 Å². The van der Waals surface area contributed by atoms with Crippen molar-refractivity contribution in [3.05, 3.63) is 26.9 Å². The summed E-state index contributed by atoms with van der Waals surface area (Å²) in [5, 5.41) is 19.0. The SMILES string of the molecule is O=[N+]([O-])c1ncc(O)cc1Br. The van der Waals surface area contributed by atoms with Gasteiger partial charge in [0, 0.05) is 6.07 Å². The fourth-order valence-corrected chi connectivity index (χ4v) is 1.04. The predicted octanol–water partition coefficient (Wildman–Crippen LogP) is 1.46. The van der Waals surface area contributed by atoms with Gasteiger partial charge in [-0.05, 0) is 25.8 Å². The zero-order chi connectivity index (χ0) is 8.43. The highest BCUT2D eigenvalue weighted by Gasteiger charge is 2.12. The smallest absolute Gasteiger partial charge is 0.378 e. The summed E-state index contributed by atoms with van der Waals surface area (Å²) in [6.45, 7) is 0. The number of hydrogen-bond donors (Lipinski definition) is 1. The molecular formula is C5H3BrN2O3. The summed E-state index contributed by atoms with van der Waals surface area (Å²) >= 11 is 2.88. The lowest BCUT2D eigenvalue weighted by molar-refractivity contribution is -0.390. The van der Waals surface area contributed by atoms with Crippen LogP contribution < -0.4 is 0 Å². The van der Waals surface area contributed by atoms with Crippen molar-refractivity contribution in [1.29, 1.82) is 0 Å². The van der Waals surface area contributed by atoms with E-state index in [4.69, 9.17) is 5.11 Å². The summed E-state index contributed by atoms with van der Waals surface area (Å²) in [4.78, 5) is 12.9. The van der Waals surface area contributed by atoms with Crippen molar-refractivity contribution in [3.63, 3.8) is 0 Å². The molecule has 0 aromatic carbocycles. The summed E-state index contributed by atoms with van der Waals surface area (Å²) in [6.07, 6.45) is 1.02. The molecule has 0 unspecified atom stereocenters. The minimum Gasteiger partial charge on any atom is -0.504 e. The number of pyridine rings is 1. The van der Waals surface area contributed by atoms with E-state index in [0.29, 0.717) is 0 Å². The number of hydrogen-bond acceptors (Lipinski definition) is 4. The Labute approximate surface area is 70.0 Å². The molecule has 0 radical (unpaired) electrons. The van der Waals surface area contributed by atoms with Crippen molar-refractivity contribution in [2.24, 2.45) is 0 Å². The molecule has 1 N–H and O–H groups in total. The average molecular weight is 219 g/mol. The molecule has 11 heavy (non-hydrogen) atoms. The molecule has 1 rings (SSSR count). The first-order chi connectivity index (χ1) is 5.11. The minimum atomic E-state index is -0.635. The first-order valence-corrected chi connectivity index (χ1v) is 3.39. The van der Waals surface area contributed by atoms with Gasteiger partial charge in [0.15, 0.2) is 11.9 Å². The van der Waals surface area contributed by atoms with E-state index in [0.717, 1.165) is 6.20 Å². The van der Waals surface area contributed by atoms with Gasteiger partial charge in [0.1, 0.15) is 4.47 Å². The Hall–Kier alpha value is -1.17. The zero-order valence-electron chi connectivity index (χ0n) is 5.19. The fourth-order valence-electron chi connectivity index (χ4n) is 0.555. The van der Waals surface area contributed by atoms with Gasteiger partial charge in [-0.2, -0.15) is 0 Å². The second kappa shape index (κ2) is 2.83. The quantitative estimate of drug-likeness (QED) is 0.572. The summed E-state index contributed by atoms with van der Waals surface area (Å²) in [7, 11) is 0. The summed E-state index contributed by atoms with van der Waals surface area (Å²) in [5.74, 6) is -0.412. The van der Waals surface area contributed by atoms with E-state index in [2.05, 4.69) is 20.9 Å². The molecule has 1 aromatic rings. The summed E-state index contributed by atoms with van der Waals surface area (Å²) in [6, 6.07) is 1.21. The van der Waals surface area contributed by atoms with E-state index in [1.165, 1.54) is 6.07 Å². The first kappa shape index (κ1) is 7.93. The normalized spacial score (nSPS) is 9.55. The Balaban J connectivity index is 3.20. The molecule has 5 nitrogen and oxygen atoms in total. The van der Waals surface area contributed by atoms with Gasteiger partial charge in [0.25, 0.3) is 0 Å². The Morgan fingerprint density at radius 3 is 2.82 bits per heavy atom. The second-order valence-electron chi connectivity index (χ2n) is 1.76. The molecule has 0 atom stereocenters. The second-order valence-corrected chi connectivity index (χ2v) is 2.61. The van der Waals surface area contributed by atoms with E-state index in [-0.39, 0.29) is 16.0 Å². The van der Waals surface area contributed by atoms with Crippen molar-refractivity contribution in [2.45, 2.75) is 0 Å².